The highest BCUT2D eigenvalue weighted by atomic mass is 35.5. The average Bonchev–Trinajstić information content (AvgIpc) is 2.54. The second-order valence-corrected chi connectivity index (χ2v) is 6.52. The third-order valence-corrected chi connectivity index (χ3v) is 4.56. The van der Waals surface area contributed by atoms with E-state index in [1.165, 1.54) is 0 Å². The molecule has 0 saturated carbocycles. The van der Waals surface area contributed by atoms with Gasteiger partial charge in [-0.3, -0.25) is 5.43 Å². The second-order valence-electron chi connectivity index (χ2n) is 5.64. The molecule has 0 aliphatic heterocycles. The summed E-state index contributed by atoms with van der Waals surface area (Å²) in [4.78, 5) is 0. The summed E-state index contributed by atoms with van der Waals surface area (Å²) in [5, 5.41) is 13.8. The van der Waals surface area contributed by atoms with Crippen LogP contribution in [0.5, 0.6) is 0 Å². The highest BCUT2D eigenvalue weighted by molar-refractivity contribution is 6.35. The van der Waals surface area contributed by atoms with Gasteiger partial charge in [0.25, 0.3) is 0 Å². The van der Waals surface area contributed by atoms with Crippen molar-refractivity contribution in [3.8, 4) is 0 Å². The lowest BCUT2D eigenvalue weighted by Gasteiger charge is -2.25. The number of aromatic nitrogens is 2. The van der Waals surface area contributed by atoms with Crippen molar-refractivity contribution in [2.75, 3.05) is 5.43 Å². The fourth-order valence-electron chi connectivity index (χ4n) is 2.15. The van der Waals surface area contributed by atoms with E-state index in [2.05, 4.69) is 41.5 Å². The van der Waals surface area contributed by atoms with Crippen LogP contribution in [-0.4, -0.2) is 16.4 Å². The Balaban J connectivity index is 2.05. The number of rotatable bonds is 6. The van der Waals surface area contributed by atoms with Crippen LogP contribution in [0.3, 0.4) is 0 Å². The van der Waals surface area contributed by atoms with Gasteiger partial charge in [0.2, 0.25) is 0 Å². The first-order valence-corrected chi connectivity index (χ1v) is 8.32. The van der Waals surface area contributed by atoms with E-state index in [9.17, 15) is 0 Å². The Bertz CT molecular complexity index is 659. The van der Waals surface area contributed by atoms with Crippen LogP contribution < -0.4 is 5.43 Å². The predicted molar refractivity (Wildman–Crippen MR) is 97.6 cm³/mol. The number of anilines is 1. The number of nitrogens with zero attached hydrogens (tertiary/aromatic N) is 3. The summed E-state index contributed by atoms with van der Waals surface area (Å²) in [6.45, 7) is 6.53. The predicted octanol–water partition coefficient (Wildman–Crippen LogP) is 5.31. The summed E-state index contributed by atoms with van der Waals surface area (Å²) in [5.41, 5.74) is 4.73. The van der Waals surface area contributed by atoms with Crippen LogP contribution in [0.15, 0.2) is 35.4 Å². The number of halogens is 2. The Hall–Kier alpha value is -1.65. The number of hydrogen-bond acceptors (Lipinski definition) is 4. The second kappa shape index (κ2) is 7.75. The first-order chi connectivity index (χ1) is 11.0. The highest BCUT2D eigenvalue weighted by Crippen LogP contribution is 2.29. The molecule has 2 rings (SSSR count). The molecule has 122 valence electrons. The molecule has 0 saturated heterocycles. The Morgan fingerprint density at radius 2 is 1.74 bits per heavy atom. The number of benzene rings is 1. The van der Waals surface area contributed by atoms with Crippen LogP contribution in [0.1, 0.15) is 44.9 Å². The van der Waals surface area contributed by atoms with Crippen molar-refractivity contribution in [3.05, 3.63) is 51.6 Å². The zero-order valence-corrected chi connectivity index (χ0v) is 15.0. The Morgan fingerprint density at radius 3 is 2.26 bits per heavy atom. The Labute approximate surface area is 146 Å². The van der Waals surface area contributed by atoms with E-state index in [4.69, 9.17) is 23.2 Å². The molecule has 1 heterocycles. The van der Waals surface area contributed by atoms with Gasteiger partial charge in [0.05, 0.1) is 11.9 Å². The molecule has 6 heteroatoms. The van der Waals surface area contributed by atoms with E-state index in [1.54, 1.807) is 24.4 Å². The lowest BCUT2D eigenvalue weighted by atomic mass is 9.81. The van der Waals surface area contributed by atoms with Crippen molar-refractivity contribution < 1.29 is 0 Å². The van der Waals surface area contributed by atoms with Crippen molar-refractivity contribution in [1.29, 1.82) is 0 Å². The molecular weight excluding hydrogens is 331 g/mol. The van der Waals surface area contributed by atoms with E-state index in [1.807, 2.05) is 12.1 Å². The van der Waals surface area contributed by atoms with Crippen LogP contribution in [0.25, 0.3) is 0 Å². The molecule has 1 aromatic heterocycles. The van der Waals surface area contributed by atoms with E-state index in [-0.39, 0.29) is 5.41 Å². The van der Waals surface area contributed by atoms with Crippen LogP contribution in [-0.2, 0) is 5.41 Å². The van der Waals surface area contributed by atoms with Gasteiger partial charge in [0, 0.05) is 15.5 Å². The summed E-state index contributed by atoms with van der Waals surface area (Å²) in [7, 11) is 0. The van der Waals surface area contributed by atoms with Crippen molar-refractivity contribution in [1.82, 2.24) is 10.2 Å². The topological polar surface area (TPSA) is 50.2 Å². The van der Waals surface area contributed by atoms with Gasteiger partial charge in [0.1, 0.15) is 0 Å². The molecule has 0 spiro atoms. The van der Waals surface area contributed by atoms with Gasteiger partial charge in [-0.15, -0.1) is 5.10 Å². The summed E-state index contributed by atoms with van der Waals surface area (Å²) >= 11 is 11.9. The van der Waals surface area contributed by atoms with Gasteiger partial charge < -0.3 is 0 Å². The number of hydrogen-bond donors (Lipinski definition) is 1. The SMILES string of the molecule is CCC(C)(CC)c1ccc(NN=Cc2cc(Cl)cc(Cl)c2)nn1. The van der Waals surface area contributed by atoms with E-state index in [0.29, 0.717) is 15.9 Å². The fraction of sp³-hybridized carbons (Fsp3) is 0.353. The maximum Gasteiger partial charge on any atom is 0.168 e. The third-order valence-electron chi connectivity index (χ3n) is 4.12. The molecule has 1 aromatic carbocycles. The van der Waals surface area contributed by atoms with E-state index in [0.717, 1.165) is 24.1 Å². The molecule has 23 heavy (non-hydrogen) atoms. The van der Waals surface area contributed by atoms with Gasteiger partial charge in [-0.25, -0.2) is 0 Å². The van der Waals surface area contributed by atoms with Crippen LogP contribution in [0, 0.1) is 0 Å². The lowest BCUT2D eigenvalue weighted by molar-refractivity contribution is 0.421. The highest BCUT2D eigenvalue weighted by Gasteiger charge is 2.24. The monoisotopic (exact) mass is 350 g/mol. The van der Waals surface area contributed by atoms with Crippen LogP contribution in [0.4, 0.5) is 5.82 Å². The van der Waals surface area contributed by atoms with Gasteiger partial charge >= 0.3 is 0 Å². The van der Waals surface area contributed by atoms with Crippen molar-refractivity contribution in [3.63, 3.8) is 0 Å². The minimum absolute atomic E-state index is 0.0618. The third kappa shape index (κ3) is 4.66. The molecule has 2 aromatic rings. The summed E-state index contributed by atoms with van der Waals surface area (Å²) < 4.78 is 0. The van der Waals surface area contributed by atoms with Crippen LogP contribution in [0.2, 0.25) is 10.0 Å². The number of hydrazone groups is 1. The maximum atomic E-state index is 5.94. The molecule has 0 radical (unpaired) electrons. The van der Waals surface area contributed by atoms with Crippen LogP contribution >= 0.6 is 23.2 Å². The molecule has 0 unspecified atom stereocenters. The zero-order chi connectivity index (χ0) is 16.9. The molecule has 1 N–H and O–H groups in total. The molecule has 0 aliphatic rings. The van der Waals surface area contributed by atoms with Gasteiger partial charge in [0.15, 0.2) is 5.82 Å². The summed E-state index contributed by atoms with van der Waals surface area (Å²) in [5.74, 6) is 0.590. The minimum atomic E-state index is 0.0618. The van der Waals surface area contributed by atoms with Crippen molar-refractivity contribution in [2.24, 2.45) is 5.10 Å². The average molecular weight is 351 g/mol. The Kier molecular flexibility index (Phi) is 5.97. The molecule has 0 aliphatic carbocycles. The lowest BCUT2D eigenvalue weighted by Crippen LogP contribution is -2.21. The van der Waals surface area contributed by atoms with Crippen molar-refractivity contribution >= 4 is 35.2 Å². The first-order valence-electron chi connectivity index (χ1n) is 7.56. The van der Waals surface area contributed by atoms with E-state index >= 15 is 0 Å². The van der Waals surface area contributed by atoms with Crippen molar-refractivity contribution in [2.45, 2.75) is 39.0 Å². The van der Waals surface area contributed by atoms with Gasteiger partial charge in [-0.1, -0.05) is 44.0 Å². The van der Waals surface area contributed by atoms with E-state index < -0.39 is 0 Å². The number of nitrogens with one attached hydrogen (secondary N) is 1. The molecular formula is C17H20Cl2N4. The quantitative estimate of drug-likeness (QED) is 0.567. The Morgan fingerprint density at radius 1 is 1.09 bits per heavy atom. The first kappa shape index (κ1) is 17.7. The molecule has 0 bridgehead atoms. The summed E-state index contributed by atoms with van der Waals surface area (Å²) in [6, 6.07) is 9.11. The largest absolute Gasteiger partial charge is 0.260 e. The van der Waals surface area contributed by atoms with Gasteiger partial charge in [-0.2, -0.15) is 10.2 Å². The summed E-state index contributed by atoms with van der Waals surface area (Å²) in [6.07, 6.45) is 3.69. The molecule has 0 atom stereocenters. The standard InChI is InChI=1S/C17H20Cl2N4/c1-4-17(3,5-2)15-6-7-16(23-21-15)22-20-11-12-8-13(18)10-14(19)9-12/h6-11H,4-5H2,1-3H3,(H,22,23). The molecule has 0 amide bonds. The van der Waals surface area contributed by atoms with Gasteiger partial charge in [-0.05, 0) is 48.7 Å². The smallest absolute Gasteiger partial charge is 0.168 e. The normalized spacial score (nSPS) is 11.9. The molecule has 0 fully saturated rings. The minimum Gasteiger partial charge on any atom is -0.260 e. The molecule has 4 nitrogen and oxygen atoms in total. The zero-order valence-electron chi connectivity index (χ0n) is 13.5. The fourth-order valence-corrected chi connectivity index (χ4v) is 2.69. The maximum absolute atomic E-state index is 5.94.